The van der Waals surface area contributed by atoms with Crippen molar-refractivity contribution in [1.82, 2.24) is 15.2 Å². The number of likely N-dealkylation sites (tertiary alicyclic amines) is 1. The van der Waals surface area contributed by atoms with E-state index in [0.717, 1.165) is 31.5 Å². The topological polar surface area (TPSA) is 54.5 Å². The van der Waals surface area contributed by atoms with E-state index in [0.29, 0.717) is 46.3 Å². The van der Waals surface area contributed by atoms with Gasteiger partial charge in [-0.1, -0.05) is 23.7 Å². The molecule has 2 aliphatic heterocycles. The third kappa shape index (κ3) is 5.36. The molecule has 5 nitrogen and oxygen atoms in total. The molecule has 0 saturated carbocycles. The number of carbonyl (C=O) groups excluding carboxylic acids is 1. The average molecular weight is 496 g/mol. The van der Waals surface area contributed by atoms with Crippen molar-refractivity contribution >= 4 is 22.5 Å². The van der Waals surface area contributed by atoms with Gasteiger partial charge in [-0.3, -0.25) is 14.7 Å². The number of fused-ring (bicyclic) bond motifs is 1. The number of hydrogen-bond donors (Lipinski definition) is 1. The van der Waals surface area contributed by atoms with Gasteiger partial charge in [-0.05, 0) is 55.3 Å². The maximum atomic E-state index is 13.6. The van der Waals surface area contributed by atoms with Crippen LogP contribution < -0.4 is 10.1 Å². The number of ether oxygens (including phenoxy) is 1. The Morgan fingerprint density at radius 1 is 1.09 bits per heavy atom. The van der Waals surface area contributed by atoms with Crippen molar-refractivity contribution < 1.29 is 18.3 Å². The fourth-order valence-corrected chi connectivity index (χ4v) is 4.72. The SMILES string of the molecule is O=C(NC1CCN(CC2=C(Cl)c3cc(F)ccc3OC2)CC1)c1ccc(-c2cccc(F)c2)nc1. The van der Waals surface area contributed by atoms with Gasteiger partial charge in [-0.25, -0.2) is 8.78 Å². The molecule has 2 aliphatic rings. The van der Waals surface area contributed by atoms with Crippen LogP contribution in [-0.4, -0.2) is 48.1 Å². The van der Waals surface area contributed by atoms with Crippen molar-refractivity contribution in [3.8, 4) is 17.0 Å². The van der Waals surface area contributed by atoms with Crippen LogP contribution >= 0.6 is 11.6 Å². The predicted octanol–water partition coefficient (Wildman–Crippen LogP) is 5.26. The number of hydrogen-bond acceptors (Lipinski definition) is 4. The van der Waals surface area contributed by atoms with E-state index in [1.54, 1.807) is 30.3 Å². The Kier molecular flexibility index (Phi) is 6.79. The maximum absolute atomic E-state index is 13.6. The Hall–Kier alpha value is -3.29. The molecule has 1 saturated heterocycles. The number of piperidine rings is 1. The number of aromatic nitrogens is 1. The molecule has 0 unspecified atom stereocenters. The highest BCUT2D eigenvalue weighted by atomic mass is 35.5. The van der Waals surface area contributed by atoms with Crippen LogP contribution in [0.1, 0.15) is 28.8 Å². The number of pyridine rings is 1. The summed E-state index contributed by atoms with van der Waals surface area (Å²) < 4.78 is 32.8. The summed E-state index contributed by atoms with van der Waals surface area (Å²) in [5, 5.41) is 3.64. The fourth-order valence-electron chi connectivity index (χ4n) is 4.45. The highest BCUT2D eigenvalue weighted by Crippen LogP contribution is 2.36. The largest absolute Gasteiger partial charge is 0.488 e. The minimum Gasteiger partial charge on any atom is -0.488 e. The quantitative estimate of drug-likeness (QED) is 0.524. The molecule has 180 valence electrons. The number of nitrogens with one attached hydrogen (secondary N) is 1. The van der Waals surface area contributed by atoms with Gasteiger partial charge in [0.05, 0.1) is 16.3 Å². The summed E-state index contributed by atoms with van der Waals surface area (Å²) in [6.45, 7) is 2.62. The minimum absolute atomic E-state index is 0.0588. The molecule has 0 bridgehead atoms. The third-order valence-electron chi connectivity index (χ3n) is 6.37. The van der Waals surface area contributed by atoms with Crippen molar-refractivity contribution in [1.29, 1.82) is 0 Å². The van der Waals surface area contributed by atoms with Gasteiger partial charge in [0.1, 0.15) is 24.0 Å². The van der Waals surface area contributed by atoms with E-state index in [9.17, 15) is 13.6 Å². The summed E-state index contributed by atoms with van der Waals surface area (Å²) in [4.78, 5) is 19.3. The lowest BCUT2D eigenvalue weighted by atomic mass is 10.0. The zero-order chi connectivity index (χ0) is 24.4. The Labute approximate surface area is 207 Å². The van der Waals surface area contributed by atoms with E-state index >= 15 is 0 Å². The maximum Gasteiger partial charge on any atom is 0.253 e. The lowest BCUT2D eigenvalue weighted by Gasteiger charge is -2.34. The first kappa shape index (κ1) is 23.5. The van der Waals surface area contributed by atoms with Gasteiger partial charge in [-0.2, -0.15) is 0 Å². The van der Waals surface area contributed by atoms with Crippen LogP contribution in [0.25, 0.3) is 16.3 Å². The zero-order valence-corrected chi connectivity index (χ0v) is 19.7. The second-order valence-electron chi connectivity index (χ2n) is 8.81. The summed E-state index contributed by atoms with van der Waals surface area (Å²) in [6.07, 6.45) is 3.12. The second-order valence-corrected chi connectivity index (χ2v) is 9.19. The highest BCUT2D eigenvalue weighted by Gasteiger charge is 2.25. The molecule has 3 aromatic rings. The second kappa shape index (κ2) is 10.1. The van der Waals surface area contributed by atoms with Crippen molar-refractivity contribution in [2.75, 3.05) is 26.2 Å². The Morgan fingerprint density at radius 2 is 1.89 bits per heavy atom. The van der Waals surface area contributed by atoms with Gasteiger partial charge in [-0.15, -0.1) is 0 Å². The summed E-state index contributed by atoms with van der Waals surface area (Å²) >= 11 is 6.55. The first-order chi connectivity index (χ1) is 17.0. The predicted molar refractivity (Wildman–Crippen MR) is 131 cm³/mol. The molecule has 3 heterocycles. The summed E-state index contributed by atoms with van der Waals surface area (Å²) in [6, 6.07) is 14.0. The highest BCUT2D eigenvalue weighted by molar-refractivity contribution is 6.49. The van der Waals surface area contributed by atoms with Crippen LogP contribution in [0.2, 0.25) is 0 Å². The van der Waals surface area contributed by atoms with E-state index < -0.39 is 0 Å². The molecule has 0 spiro atoms. The molecule has 0 atom stereocenters. The van der Waals surface area contributed by atoms with Gasteiger partial charge in [0.2, 0.25) is 0 Å². The molecule has 1 aromatic heterocycles. The first-order valence-corrected chi connectivity index (χ1v) is 11.9. The first-order valence-electron chi connectivity index (χ1n) is 11.5. The van der Waals surface area contributed by atoms with Gasteiger partial charge < -0.3 is 10.1 Å². The lowest BCUT2D eigenvalue weighted by Crippen LogP contribution is -2.45. The van der Waals surface area contributed by atoms with Crippen molar-refractivity contribution in [3.05, 3.63) is 89.1 Å². The third-order valence-corrected chi connectivity index (χ3v) is 6.84. The normalized spacial score (nSPS) is 16.5. The summed E-state index contributed by atoms with van der Waals surface area (Å²) in [5.41, 5.74) is 3.26. The number of halogens is 3. The van der Waals surface area contributed by atoms with Crippen molar-refractivity contribution in [2.45, 2.75) is 18.9 Å². The number of carbonyl (C=O) groups is 1. The van der Waals surface area contributed by atoms with Crippen molar-refractivity contribution in [3.63, 3.8) is 0 Å². The van der Waals surface area contributed by atoms with E-state index in [1.807, 2.05) is 0 Å². The Bertz CT molecular complexity index is 1270. The lowest BCUT2D eigenvalue weighted by molar-refractivity contribution is 0.0912. The molecule has 8 heteroatoms. The molecule has 1 fully saturated rings. The number of amides is 1. The molecule has 0 aliphatic carbocycles. The van der Waals surface area contributed by atoms with Crippen LogP contribution in [-0.2, 0) is 0 Å². The van der Waals surface area contributed by atoms with E-state index in [1.165, 1.54) is 30.5 Å². The van der Waals surface area contributed by atoms with Gasteiger partial charge in [0, 0.05) is 48.6 Å². The molecule has 5 rings (SSSR count). The van der Waals surface area contributed by atoms with Crippen LogP contribution in [0.4, 0.5) is 8.78 Å². The zero-order valence-electron chi connectivity index (χ0n) is 18.9. The number of rotatable bonds is 5. The van der Waals surface area contributed by atoms with Crippen LogP contribution in [0, 0.1) is 11.6 Å². The van der Waals surface area contributed by atoms with Crippen LogP contribution in [0.15, 0.2) is 66.4 Å². The average Bonchev–Trinajstić information content (AvgIpc) is 2.87. The fraction of sp³-hybridized carbons (Fsp3) is 0.259. The van der Waals surface area contributed by atoms with Crippen LogP contribution in [0.5, 0.6) is 5.75 Å². The van der Waals surface area contributed by atoms with E-state index in [4.69, 9.17) is 16.3 Å². The molecule has 2 aromatic carbocycles. The van der Waals surface area contributed by atoms with Gasteiger partial charge in [0.25, 0.3) is 5.91 Å². The smallest absolute Gasteiger partial charge is 0.253 e. The molecular formula is C27H24ClF2N3O2. The monoisotopic (exact) mass is 495 g/mol. The van der Waals surface area contributed by atoms with E-state index in [2.05, 4.69) is 15.2 Å². The van der Waals surface area contributed by atoms with Crippen molar-refractivity contribution in [2.24, 2.45) is 0 Å². The van der Waals surface area contributed by atoms with E-state index in [-0.39, 0.29) is 23.6 Å². The molecule has 35 heavy (non-hydrogen) atoms. The summed E-state index contributed by atoms with van der Waals surface area (Å²) in [5.74, 6) is -0.250. The molecular weight excluding hydrogens is 472 g/mol. The number of benzene rings is 2. The molecule has 1 N–H and O–H groups in total. The molecule has 0 radical (unpaired) electrons. The standard InChI is InChI=1S/C27H24ClF2N3O2/c28-26-19(16-35-25-7-5-21(30)13-23(25)26)15-33-10-8-22(9-11-33)32-27(34)18-4-6-24(31-14-18)17-2-1-3-20(29)12-17/h1-7,12-14,22H,8-11,15-16H2,(H,32,34). The van der Waals surface area contributed by atoms with Gasteiger partial charge >= 0.3 is 0 Å². The Morgan fingerprint density at radius 3 is 2.63 bits per heavy atom. The van der Waals surface area contributed by atoms with Crippen LogP contribution in [0.3, 0.4) is 0 Å². The number of nitrogens with zero attached hydrogens (tertiary/aromatic N) is 2. The Balaban J connectivity index is 1.15. The summed E-state index contributed by atoms with van der Waals surface area (Å²) in [7, 11) is 0. The molecule has 1 amide bonds. The minimum atomic E-state index is -0.345. The van der Waals surface area contributed by atoms with Gasteiger partial charge in [0.15, 0.2) is 0 Å².